The third-order valence-electron chi connectivity index (χ3n) is 4.05. The number of ether oxygens (including phenoxy) is 1. The van der Waals surface area contributed by atoms with Crippen LogP contribution in [0, 0.1) is 10.5 Å². The Labute approximate surface area is 184 Å². The number of halogens is 1. The van der Waals surface area contributed by atoms with Crippen molar-refractivity contribution in [1.82, 2.24) is 10.2 Å². The van der Waals surface area contributed by atoms with E-state index in [1.807, 2.05) is 49.4 Å². The van der Waals surface area contributed by atoms with Crippen LogP contribution in [-0.2, 0) is 16.1 Å². The molecule has 0 saturated heterocycles. The molecular weight excluding hydrogens is 487 g/mol. The van der Waals surface area contributed by atoms with Gasteiger partial charge < -0.3 is 9.64 Å². The fraction of sp³-hybridized carbons (Fsp3) is 0.286. The lowest BCUT2D eigenvalue weighted by atomic mass is 10.1. The van der Waals surface area contributed by atoms with Crippen molar-refractivity contribution in [3.8, 4) is 0 Å². The van der Waals surface area contributed by atoms with Gasteiger partial charge in [0.25, 0.3) is 5.91 Å². The first kappa shape index (κ1) is 22.3. The van der Waals surface area contributed by atoms with Crippen molar-refractivity contribution in [2.75, 3.05) is 13.2 Å². The van der Waals surface area contributed by atoms with Gasteiger partial charge in [-0.2, -0.15) is 0 Å². The average molecular weight is 510 g/mol. The lowest BCUT2D eigenvalue weighted by Gasteiger charge is -2.25. The molecule has 7 heteroatoms. The summed E-state index contributed by atoms with van der Waals surface area (Å²) in [5.74, 6) is -0.556. The molecule has 0 bridgehead atoms. The normalized spacial score (nSPS) is 10.2. The number of nitrogens with zero attached hydrogens (tertiary/aromatic N) is 1. The first-order valence-electron chi connectivity index (χ1n) is 8.96. The van der Waals surface area contributed by atoms with Gasteiger partial charge >= 0.3 is 5.97 Å². The summed E-state index contributed by atoms with van der Waals surface area (Å²) in [4.78, 5) is 26.2. The lowest BCUT2D eigenvalue weighted by molar-refractivity contribution is -0.143. The van der Waals surface area contributed by atoms with Crippen LogP contribution in [0.15, 0.2) is 48.5 Å². The second-order valence-electron chi connectivity index (χ2n) is 6.19. The summed E-state index contributed by atoms with van der Waals surface area (Å²) >= 11 is 7.67. The number of amides is 1. The Hall–Kier alpha value is -2.00. The van der Waals surface area contributed by atoms with Gasteiger partial charge in [0.2, 0.25) is 0 Å². The van der Waals surface area contributed by atoms with Crippen molar-refractivity contribution >= 4 is 51.8 Å². The Morgan fingerprint density at radius 3 is 2.54 bits per heavy atom. The molecule has 0 aliphatic rings. The van der Waals surface area contributed by atoms with Gasteiger partial charge in [-0.15, -0.1) is 0 Å². The average Bonchev–Trinajstić information content (AvgIpc) is 2.68. The van der Waals surface area contributed by atoms with E-state index in [-0.39, 0.29) is 23.4 Å². The second-order valence-corrected chi connectivity index (χ2v) is 7.73. The molecule has 1 N–H and O–H groups in total. The van der Waals surface area contributed by atoms with Gasteiger partial charge in [-0.3, -0.25) is 14.9 Å². The van der Waals surface area contributed by atoms with E-state index in [2.05, 4.69) is 27.9 Å². The first-order chi connectivity index (χ1) is 13.4. The van der Waals surface area contributed by atoms with Crippen LogP contribution in [0.5, 0.6) is 0 Å². The number of thiocarbonyl (C=S) groups is 1. The van der Waals surface area contributed by atoms with E-state index < -0.39 is 0 Å². The minimum Gasteiger partial charge on any atom is -0.466 e. The predicted molar refractivity (Wildman–Crippen MR) is 122 cm³/mol. The van der Waals surface area contributed by atoms with Crippen molar-refractivity contribution < 1.29 is 14.3 Å². The predicted octanol–water partition coefficient (Wildman–Crippen LogP) is 4.07. The maximum Gasteiger partial charge on any atom is 0.307 e. The number of hydrogen-bond acceptors (Lipinski definition) is 4. The number of hydrogen-bond donors (Lipinski definition) is 1. The Kier molecular flexibility index (Phi) is 8.85. The molecule has 148 valence electrons. The van der Waals surface area contributed by atoms with Crippen molar-refractivity contribution in [3.63, 3.8) is 0 Å². The van der Waals surface area contributed by atoms with Gasteiger partial charge in [-0.25, -0.2) is 0 Å². The summed E-state index contributed by atoms with van der Waals surface area (Å²) in [5.41, 5.74) is 2.69. The summed E-state index contributed by atoms with van der Waals surface area (Å²) in [6, 6.07) is 15.3. The molecule has 0 aliphatic carbocycles. The highest BCUT2D eigenvalue weighted by Crippen LogP contribution is 2.14. The van der Waals surface area contributed by atoms with E-state index in [0.717, 1.165) is 14.7 Å². The van der Waals surface area contributed by atoms with E-state index in [1.54, 1.807) is 17.9 Å². The van der Waals surface area contributed by atoms with Gasteiger partial charge in [-0.05, 0) is 71.9 Å². The van der Waals surface area contributed by atoms with Crippen LogP contribution in [0.3, 0.4) is 0 Å². The van der Waals surface area contributed by atoms with Gasteiger partial charge in [0.15, 0.2) is 5.11 Å². The maximum atomic E-state index is 12.6. The zero-order valence-corrected chi connectivity index (χ0v) is 18.9. The van der Waals surface area contributed by atoms with Gasteiger partial charge in [0, 0.05) is 22.2 Å². The van der Waals surface area contributed by atoms with Crippen molar-refractivity contribution in [1.29, 1.82) is 0 Å². The Morgan fingerprint density at radius 1 is 1.18 bits per heavy atom. The third-order valence-corrected chi connectivity index (χ3v) is 5.57. The first-order valence-corrected chi connectivity index (χ1v) is 10.5. The van der Waals surface area contributed by atoms with E-state index in [9.17, 15) is 9.59 Å². The zero-order valence-electron chi connectivity index (χ0n) is 15.9. The fourth-order valence-electron chi connectivity index (χ4n) is 2.50. The minimum atomic E-state index is -0.289. The van der Waals surface area contributed by atoms with Crippen molar-refractivity contribution in [2.24, 2.45) is 0 Å². The molecule has 2 rings (SSSR count). The molecule has 0 fully saturated rings. The van der Waals surface area contributed by atoms with E-state index in [4.69, 9.17) is 17.0 Å². The minimum absolute atomic E-state index is 0.194. The Bertz CT molecular complexity index is 843. The summed E-state index contributed by atoms with van der Waals surface area (Å²) in [5, 5.41) is 3.07. The molecule has 0 radical (unpaired) electrons. The van der Waals surface area contributed by atoms with E-state index in [1.165, 1.54) is 0 Å². The standard InChI is InChI=1S/C21H23IN2O3S/c1-3-27-19(25)11-12-24(14-16-7-5-4-6-8-16)21(28)23-20(26)17-10-9-15(2)18(22)13-17/h4-10,13H,3,11-12,14H2,1-2H3,(H,23,26,28). The summed E-state index contributed by atoms with van der Waals surface area (Å²) in [6.45, 7) is 4.95. The smallest absolute Gasteiger partial charge is 0.307 e. The van der Waals surface area contributed by atoms with Crippen molar-refractivity contribution in [3.05, 3.63) is 68.8 Å². The third kappa shape index (κ3) is 6.87. The highest BCUT2D eigenvalue weighted by atomic mass is 127. The van der Waals surface area contributed by atoms with E-state index in [0.29, 0.717) is 25.3 Å². The molecule has 0 aliphatic heterocycles. The summed E-state index contributed by atoms with van der Waals surface area (Å²) in [7, 11) is 0. The second kappa shape index (κ2) is 11.1. The number of rotatable bonds is 7. The van der Waals surface area contributed by atoms with Crippen LogP contribution < -0.4 is 5.32 Å². The number of carbonyl (C=O) groups excluding carboxylic acids is 2. The molecule has 0 saturated carbocycles. The number of aryl methyl sites for hydroxylation is 1. The zero-order chi connectivity index (χ0) is 20.5. The van der Waals surface area contributed by atoms with Crippen LogP contribution in [0.1, 0.15) is 34.8 Å². The lowest BCUT2D eigenvalue weighted by Crippen LogP contribution is -2.43. The molecule has 2 aromatic rings. The molecule has 1 amide bonds. The van der Waals surface area contributed by atoms with Crippen molar-refractivity contribution in [2.45, 2.75) is 26.8 Å². The molecule has 2 aromatic carbocycles. The van der Waals surface area contributed by atoms with Gasteiger partial charge in [-0.1, -0.05) is 36.4 Å². The number of nitrogens with one attached hydrogen (secondary N) is 1. The topological polar surface area (TPSA) is 58.6 Å². The van der Waals surface area contributed by atoms with Crippen LogP contribution in [0.4, 0.5) is 0 Å². The maximum absolute atomic E-state index is 12.6. The quantitative estimate of drug-likeness (QED) is 0.346. The van der Waals surface area contributed by atoms with Crippen LogP contribution in [0.2, 0.25) is 0 Å². The SMILES string of the molecule is CCOC(=O)CCN(Cc1ccccc1)C(=S)NC(=O)c1ccc(C)c(I)c1. The molecular formula is C21H23IN2O3S. The molecule has 0 unspecified atom stereocenters. The highest BCUT2D eigenvalue weighted by Gasteiger charge is 2.16. The molecule has 0 heterocycles. The molecule has 0 aromatic heterocycles. The van der Waals surface area contributed by atoms with Crippen LogP contribution in [0.25, 0.3) is 0 Å². The monoisotopic (exact) mass is 510 g/mol. The summed E-state index contributed by atoms with van der Waals surface area (Å²) < 4.78 is 6.01. The number of esters is 1. The Balaban J connectivity index is 2.08. The van der Waals surface area contributed by atoms with Crippen LogP contribution in [-0.4, -0.2) is 35.0 Å². The summed E-state index contributed by atoms with van der Waals surface area (Å²) in [6.07, 6.45) is 0.194. The number of benzene rings is 2. The largest absolute Gasteiger partial charge is 0.466 e. The van der Waals surface area contributed by atoms with Crippen LogP contribution >= 0.6 is 34.8 Å². The highest BCUT2D eigenvalue weighted by molar-refractivity contribution is 14.1. The molecule has 5 nitrogen and oxygen atoms in total. The van der Waals surface area contributed by atoms with Gasteiger partial charge in [0.05, 0.1) is 13.0 Å². The number of carbonyl (C=O) groups is 2. The molecule has 0 atom stereocenters. The molecule has 28 heavy (non-hydrogen) atoms. The Morgan fingerprint density at radius 2 is 1.89 bits per heavy atom. The van der Waals surface area contributed by atoms with E-state index >= 15 is 0 Å². The van der Waals surface area contributed by atoms with Gasteiger partial charge in [0.1, 0.15) is 0 Å². The molecule has 0 spiro atoms. The fourth-order valence-corrected chi connectivity index (χ4v) is 3.26.